The van der Waals surface area contributed by atoms with Crippen molar-refractivity contribution in [1.29, 1.82) is 0 Å². The Morgan fingerprint density at radius 2 is 2.14 bits per heavy atom. The minimum atomic E-state index is -0.0321. The molecule has 1 amide bonds. The first-order valence-electron chi connectivity index (χ1n) is 6.98. The van der Waals surface area contributed by atoms with E-state index in [2.05, 4.69) is 10.2 Å². The Balaban J connectivity index is 2.06. The van der Waals surface area contributed by atoms with Gasteiger partial charge in [-0.15, -0.1) is 0 Å². The molecule has 0 spiro atoms. The van der Waals surface area contributed by atoms with E-state index in [4.69, 9.17) is 5.73 Å². The van der Waals surface area contributed by atoms with E-state index in [0.29, 0.717) is 18.7 Å². The number of aryl methyl sites for hydroxylation is 2. The number of hydrogen-bond donors (Lipinski definition) is 1. The molecule has 7 heteroatoms. The van der Waals surface area contributed by atoms with E-state index in [1.807, 2.05) is 24.9 Å². The average molecular weight is 290 g/mol. The molecule has 21 heavy (non-hydrogen) atoms. The lowest BCUT2D eigenvalue weighted by atomic mass is 10.2. The summed E-state index contributed by atoms with van der Waals surface area (Å²) in [5, 5.41) is 8.37. The molecule has 2 aromatic heterocycles. The number of carbonyl (C=O) groups is 1. The average Bonchev–Trinajstić information content (AvgIpc) is 3.02. The zero-order valence-electron chi connectivity index (χ0n) is 12.8. The van der Waals surface area contributed by atoms with Crippen molar-refractivity contribution in [3.63, 3.8) is 0 Å². The third-order valence-corrected chi connectivity index (χ3v) is 3.43. The smallest absolute Gasteiger partial charge is 0.257 e. The highest BCUT2D eigenvalue weighted by Crippen LogP contribution is 2.12. The molecule has 0 radical (unpaired) electrons. The van der Waals surface area contributed by atoms with Crippen molar-refractivity contribution >= 4 is 5.91 Å². The zero-order valence-corrected chi connectivity index (χ0v) is 12.8. The molecule has 0 aliphatic rings. The predicted molar refractivity (Wildman–Crippen MR) is 79.6 cm³/mol. The minimum Gasteiger partial charge on any atom is -0.337 e. The van der Waals surface area contributed by atoms with Gasteiger partial charge in [-0.25, -0.2) is 0 Å². The SMILES string of the molecule is Cc1c(C(=O)N(C)Cc2cnn(C)c2)cnn1CCCN. The van der Waals surface area contributed by atoms with E-state index in [1.165, 1.54) is 0 Å². The highest BCUT2D eigenvalue weighted by atomic mass is 16.2. The monoisotopic (exact) mass is 290 g/mol. The van der Waals surface area contributed by atoms with Crippen LogP contribution in [0.3, 0.4) is 0 Å². The first kappa shape index (κ1) is 15.2. The van der Waals surface area contributed by atoms with Gasteiger partial charge in [-0.1, -0.05) is 0 Å². The van der Waals surface area contributed by atoms with Crippen molar-refractivity contribution in [3.05, 3.63) is 35.4 Å². The normalized spacial score (nSPS) is 10.9. The molecule has 7 nitrogen and oxygen atoms in total. The van der Waals surface area contributed by atoms with Crippen LogP contribution in [0.25, 0.3) is 0 Å². The van der Waals surface area contributed by atoms with Crippen LogP contribution in [0, 0.1) is 6.92 Å². The number of nitrogens with zero attached hydrogens (tertiary/aromatic N) is 5. The van der Waals surface area contributed by atoms with Crippen LogP contribution < -0.4 is 5.73 Å². The Hall–Kier alpha value is -2.15. The largest absolute Gasteiger partial charge is 0.337 e. The third-order valence-electron chi connectivity index (χ3n) is 3.43. The molecule has 2 N–H and O–H groups in total. The van der Waals surface area contributed by atoms with Gasteiger partial charge in [-0.2, -0.15) is 10.2 Å². The fraction of sp³-hybridized carbons (Fsp3) is 0.500. The maximum atomic E-state index is 12.5. The van der Waals surface area contributed by atoms with Crippen molar-refractivity contribution in [2.24, 2.45) is 12.8 Å². The maximum absolute atomic E-state index is 12.5. The van der Waals surface area contributed by atoms with Crippen LogP contribution in [-0.4, -0.2) is 44.0 Å². The second-order valence-corrected chi connectivity index (χ2v) is 5.19. The summed E-state index contributed by atoms with van der Waals surface area (Å²) in [5.41, 5.74) is 8.02. The van der Waals surface area contributed by atoms with Crippen LogP contribution in [0.15, 0.2) is 18.6 Å². The Morgan fingerprint density at radius 1 is 1.38 bits per heavy atom. The molecule has 2 rings (SSSR count). The Bertz CT molecular complexity index is 615. The quantitative estimate of drug-likeness (QED) is 0.842. The second-order valence-electron chi connectivity index (χ2n) is 5.19. The van der Waals surface area contributed by atoms with Crippen molar-refractivity contribution in [3.8, 4) is 0 Å². The van der Waals surface area contributed by atoms with Gasteiger partial charge < -0.3 is 10.6 Å². The summed E-state index contributed by atoms with van der Waals surface area (Å²) in [6.07, 6.45) is 6.15. The van der Waals surface area contributed by atoms with E-state index in [1.54, 1.807) is 29.0 Å². The van der Waals surface area contributed by atoms with Crippen LogP contribution in [0.4, 0.5) is 0 Å². The van der Waals surface area contributed by atoms with Crippen molar-refractivity contribution in [2.75, 3.05) is 13.6 Å². The van der Waals surface area contributed by atoms with E-state index >= 15 is 0 Å². The number of amides is 1. The summed E-state index contributed by atoms with van der Waals surface area (Å²) in [4.78, 5) is 14.2. The predicted octanol–water partition coefficient (Wildman–Crippen LogP) is 0.546. The summed E-state index contributed by atoms with van der Waals surface area (Å²) in [6, 6.07) is 0. The Kier molecular flexibility index (Phi) is 4.74. The first-order chi connectivity index (χ1) is 10.0. The number of aromatic nitrogens is 4. The van der Waals surface area contributed by atoms with E-state index in [0.717, 1.165) is 24.2 Å². The third kappa shape index (κ3) is 3.49. The lowest BCUT2D eigenvalue weighted by Gasteiger charge is -2.16. The van der Waals surface area contributed by atoms with Gasteiger partial charge in [0.25, 0.3) is 5.91 Å². The molecular weight excluding hydrogens is 268 g/mol. The van der Waals surface area contributed by atoms with Crippen molar-refractivity contribution < 1.29 is 4.79 Å². The topological polar surface area (TPSA) is 82.0 Å². The number of nitrogens with two attached hydrogens (primary N) is 1. The Morgan fingerprint density at radius 3 is 2.76 bits per heavy atom. The van der Waals surface area contributed by atoms with Crippen molar-refractivity contribution in [1.82, 2.24) is 24.5 Å². The van der Waals surface area contributed by atoms with Crippen LogP contribution >= 0.6 is 0 Å². The summed E-state index contributed by atoms with van der Waals surface area (Å²) in [6.45, 7) is 3.79. The van der Waals surface area contributed by atoms with E-state index < -0.39 is 0 Å². The molecular formula is C14H22N6O. The maximum Gasteiger partial charge on any atom is 0.257 e. The molecule has 2 aromatic rings. The molecule has 0 aliphatic heterocycles. The van der Waals surface area contributed by atoms with Crippen LogP contribution in [0.2, 0.25) is 0 Å². The Labute approximate surface area is 124 Å². The van der Waals surface area contributed by atoms with Crippen LogP contribution in [0.5, 0.6) is 0 Å². The highest BCUT2D eigenvalue weighted by molar-refractivity contribution is 5.94. The molecule has 0 unspecified atom stereocenters. The number of hydrogen-bond acceptors (Lipinski definition) is 4. The molecule has 0 bridgehead atoms. The van der Waals surface area contributed by atoms with Gasteiger partial charge in [0.2, 0.25) is 0 Å². The first-order valence-corrected chi connectivity index (χ1v) is 6.98. The van der Waals surface area contributed by atoms with Crippen LogP contribution in [0.1, 0.15) is 28.0 Å². The van der Waals surface area contributed by atoms with E-state index in [-0.39, 0.29) is 5.91 Å². The second kappa shape index (κ2) is 6.53. The van der Waals surface area contributed by atoms with Gasteiger partial charge in [0.1, 0.15) is 0 Å². The molecule has 114 valence electrons. The molecule has 0 aliphatic carbocycles. The minimum absolute atomic E-state index is 0.0321. The zero-order chi connectivity index (χ0) is 15.4. The van der Waals surface area contributed by atoms with Gasteiger partial charge in [0.15, 0.2) is 0 Å². The molecule has 2 heterocycles. The lowest BCUT2D eigenvalue weighted by Crippen LogP contribution is -2.26. The molecule has 0 saturated carbocycles. The summed E-state index contributed by atoms with van der Waals surface area (Å²) in [7, 11) is 3.64. The fourth-order valence-corrected chi connectivity index (χ4v) is 2.23. The van der Waals surface area contributed by atoms with E-state index in [9.17, 15) is 4.79 Å². The summed E-state index contributed by atoms with van der Waals surface area (Å²) < 4.78 is 3.56. The fourth-order valence-electron chi connectivity index (χ4n) is 2.23. The van der Waals surface area contributed by atoms with Gasteiger partial charge >= 0.3 is 0 Å². The molecule has 0 atom stereocenters. The summed E-state index contributed by atoms with van der Waals surface area (Å²) >= 11 is 0. The van der Waals surface area contributed by atoms with Gasteiger partial charge in [0, 0.05) is 44.6 Å². The molecule has 0 fully saturated rings. The van der Waals surface area contributed by atoms with Crippen LogP contribution in [-0.2, 0) is 20.1 Å². The van der Waals surface area contributed by atoms with Gasteiger partial charge in [-0.3, -0.25) is 14.2 Å². The van der Waals surface area contributed by atoms with Crippen molar-refractivity contribution in [2.45, 2.75) is 26.4 Å². The summed E-state index contributed by atoms with van der Waals surface area (Å²) in [5.74, 6) is -0.0321. The highest BCUT2D eigenvalue weighted by Gasteiger charge is 2.18. The van der Waals surface area contributed by atoms with Gasteiger partial charge in [-0.05, 0) is 19.9 Å². The lowest BCUT2D eigenvalue weighted by molar-refractivity contribution is 0.0784. The number of rotatable bonds is 6. The molecule has 0 aromatic carbocycles. The number of carbonyl (C=O) groups excluding carboxylic acids is 1. The standard InChI is InChI=1S/C14H22N6O/c1-11-13(8-17-20(11)6-4-5-15)14(21)18(2)9-12-7-16-19(3)10-12/h7-8,10H,4-6,9,15H2,1-3H3. The molecule has 0 saturated heterocycles. The van der Waals surface area contributed by atoms with Gasteiger partial charge in [0.05, 0.1) is 18.0 Å².